The molecule has 18 heavy (non-hydrogen) atoms. The van der Waals surface area contributed by atoms with E-state index in [-0.39, 0.29) is 11.5 Å². The third kappa shape index (κ3) is 4.02. The van der Waals surface area contributed by atoms with E-state index in [0.29, 0.717) is 0 Å². The Morgan fingerprint density at radius 3 is 2.44 bits per heavy atom. The largest absolute Gasteiger partial charge is 0.489 e. The summed E-state index contributed by atoms with van der Waals surface area (Å²) in [4.78, 5) is 0. The van der Waals surface area contributed by atoms with Gasteiger partial charge in [-0.05, 0) is 37.4 Å². The number of nitrogens with one attached hydrogen (secondary N) is 1. The highest BCUT2D eigenvalue weighted by atomic mass is 16.5. The van der Waals surface area contributed by atoms with Gasteiger partial charge in [0.2, 0.25) is 0 Å². The maximum absolute atomic E-state index is 6.15. The van der Waals surface area contributed by atoms with Crippen LogP contribution in [-0.4, -0.2) is 19.7 Å². The molecule has 0 saturated heterocycles. The van der Waals surface area contributed by atoms with Gasteiger partial charge in [-0.3, -0.25) is 0 Å². The topological polar surface area (TPSA) is 21.3 Å². The summed E-state index contributed by atoms with van der Waals surface area (Å²) in [5.41, 5.74) is 2.69. The van der Waals surface area contributed by atoms with Crippen LogP contribution in [0, 0.1) is 6.92 Å². The standard InChI is InChI=1S/C16H27NO/c1-7-13(11-17-6)18-15-9-8-12(2)10-14(15)16(3,4)5/h8-10,13,17H,7,11H2,1-6H3. The molecule has 0 heterocycles. The van der Waals surface area contributed by atoms with Crippen LogP contribution >= 0.6 is 0 Å². The van der Waals surface area contributed by atoms with E-state index in [0.717, 1.165) is 18.7 Å². The minimum atomic E-state index is 0.110. The second kappa shape index (κ2) is 6.24. The van der Waals surface area contributed by atoms with Crippen LogP contribution in [0.15, 0.2) is 18.2 Å². The molecule has 2 nitrogen and oxygen atoms in total. The fourth-order valence-corrected chi connectivity index (χ4v) is 2.01. The molecular formula is C16H27NO. The Bertz CT molecular complexity index is 379. The van der Waals surface area contributed by atoms with E-state index in [1.54, 1.807) is 0 Å². The Kier molecular flexibility index (Phi) is 5.21. The van der Waals surface area contributed by atoms with Gasteiger partial charge in [-0.15, -0.1) is 0 Å². The highest BCUT2D eigenvalue weighted by Gasteiger charge is 2.20. The van der Waals surface area contributed by atoms with Crippen LogP contribution in [0.5, 0.6) is 5.75 Å². The molecule has 1 aromatic rings. The van der Waals surface area contributed by atoms with E-state index in [1.807, 2.05) is 7.05 Å². The summed E-state index contributed by atoms with van der Waals surface area (Å²) in [5.74, 6) is 1.02. The first-order valence-corrected chi connectivity index (χ1v) is 6.81. The summed E-state index contributed by atoms with van der Waals surface area (Å²) < 4.78 is 6.15. The zero-order valence-electron chi connectivity index (χ0n) is 12.6. The molecule has 0 aliphatic carbocycles. The predicted octanol–water partition coefficient (Wildman–Crippen LogP) is 3.67. The van der Waals surface area contributed by atoms with Gasteiger partial charge >= 0.3 is 0 Å². The van der Waals surface area contributed by atoms with Crippen molar-refractivity contribution in [1.82, 2.24) is 5.32 Å². The number of aryl methyl sites for hydroxylation is 1. The first kappa shape index (κ1) is 15.0. The molecule has 0 bridgehead atoms. The fraction of sp³-hybridized carbons (Fsp3) is 0.625. The van der Waals surface area contributed by atoms with E-state index in [9.17, 15) is 0 Å². The highest BCUT2D eigenvalue weighted by molar-refractivity contribution is 5.41. The molecule has 1 atom stereocenters. The average Bonchev–Trinajstić information content (AvgIpc) is 2.29. The molecule has 0 aliphatic heterocycles. The Morgan fingerprint density at radius 1 is 1.28 bits per heavy atom. The van der Waals surface area contributed by atoms with E-state index in [2.05, 4.69) is 58.1 Å². The Morgan fingerprint density at radius 2 is 1.94 bits per heavy atom. The maximum atomic E-state index is 6.15. The zero-order chi connectivity index (χ0) is 13.8. The van der Waals surface area contributed by atoms with Gasteiger partial charge in [-0.25, -0.2) is 0 Å². The predicted molar refractivity (Wildman–Crippen MR) is 78.5 cm³/mol. The monoisotopic (exact) mass is 249 g/mol. The summed E-state index contributed by atoms with van der Waals surface area (Å²) in [6.45, 7) is 11.9. The maximum Gasteiger partial charge on any atom is 0.123 e. The van der Waals surface area contributed by atoms with Crippen molar-refractivity contribution in [3.8, 4) is 5.75 Å². The number of hydrogen-bond acceptors (Lipinski definition) is 2. The molecule has 1 rings (SSSR count). The fourth-order valence-electron chi connectivity index (χ4n) is 2.01. The molecule has 0 aromatic heterocycles. The lowest BCUT2D eigenvalue weighted by Gasteiger charge is -2.26. The van der Waals surface area contributed by atoms with Crippen molar-refractivity contribution in [1.29, 1.82) is 0 Å². The molecule has 1 unspecified atom stereocenters. The summed E-state index contributed by atoms with van der Waals surface area (Å²) >= 11 is 0. The molecule has 0 radical (unpaired) electrons. The lowest BCUT2D eigenvalue weighted by molar-refractivity contribution is 0.192. The molecule has 0 spiro atoms. The van der Waals surface area contributed by atoms with Gasteiger partial charge in [0.25, 0.3) is 0 Å². The van der Waals surface area contributed by atoms with E-state index in [4.69, 9.17) is 4.74 Å². The second-order valence-electron chi connectivity index (χ2n) is 5.96. The van der Waals surface area contributed by atoms with E-state index >= 15 is 0 Å². The number of rotatable bonds is 5. The molecule has 102 valence electrons. The van der Waals surface area contributed by atoms with Crippen molar-refractivity contribution in [2.45, 2.75) is 52.6 Å². The normalized spacial score (nSPS) is 13.4. The lowest BCUT2D eigenvalue weighted by atomic mass is 9.85. The van der Waals surface area contributed by atoms with Crippen LogP contribution in [0.1, 0.15) is 45.2 Å². The minimum absolute atomic E-state index is 0.110. The van der Waals surface area contributed by atoms with Crippen molar-refractivity contribution in [2.75, 3.05) is 13.6 Å². The summed E-state index contributed by atoms with van der Waals surface area (Å²) in [6.07, 6.45) is 1.25. The molecule has 0 fully saturated rings. The first-order chi connectivity index (χ1) is 8.38. The number of benzene rings is 1. The quantitative estimate of drug-likeness (QED) is 0.859. The molecule has 0 aliphatic rings. The Labute approximate surface area is 112 Å². The Hall–Kier alpha value is -1.02. The Balaban J connectivity index is 3.01. The van der Waals surface area contributed by atoms with Crippen LogP contribution < -0.4 is 10.1 Å². The van der Waals surface area contributed by atoms with Gasteiger partial charge in [0.15, 0.2) is 0 Å². The third-order valence-corrected chi connectivity index (χ3v) is 3.12. The van der Waals surface area contributed by atoms with Gasteiger partial charge < -0.3 is 10.1 Å². The van der Waals surface area contributed by atoms with Crippen molar-refractivity contribution in [2.24, 2.45) is 0 Å². The average molecular weight is 249 g/mol. The van der Waals surface area contributed by atoms with Crippen molar-refractivity contribution >= 4 is 0 Å². The summed E-state index contributed by atoms with van der Waals surface area (Å²) in [7, 11) is 1.96. The van der Waals surface area contributed by atoms with Crippen LogP contribution in [0.3, 0.4) is 0 Å². The summed E-state index contributed by atoms with van der Waals surface area (Å²) in [5, 5.41) is 3.18. The second-order valence-corrected chi connectivity index (χ2v) is 5.96. The van der Waals surface area contributed by atoms with Crippen LogP contribution in [-0.2, 0) is 5.41 Å². The van der Waals surface area contributed by atoms with Gasteiger partial charge in [0.05, 0.1) is 0 Å². The van der Waals surface area contributed by atoms with Gasteiger partial charge in [0.1, 0.15) is 11.9 Å². The van der Waals surface area contributed by atoms with Gasteiger partial charge in [-0.1, -0.05) is 45.4 Å². The third-order valence-electron chi connectivity index (χ3n) is 3.12. The summed E-state index contributed by atoms with van der Waals surface area (Å²) in [6, 6.07) is 6.46. The minimum Gasteiger partial charge on any atom is -0.489 e. The van der Waals surface area contributed by atoms with E-state index in [1.165, 1.54) is 11.1 Å². The SMILES string of the molecule is CCC(CNC)Oc1ccc(C)cc1C(C)(C)C. The van der Waals surface area contributed by atoms with Gasteiger partial charge in [0, 0.05) is 6.54 Å². The van der Waals surface area contributed by atoms with Crippen molar-refractivity contribution in [3.63, 3.8) is 0 Å². The lowest BCUT2D eigenvalue weighted by Crippen LogP contribution is -2.29. The van der Waals surface area contributed by atoms with Crippen LogP contribution in [0.25, 0.3) is 0 Å². The van der Waals surface area contributed by atoms with E-state index < -0.39 is 0 Å². The van der Waals surface area contributed by atoms with Crippen LogP contribution in [0.4, 0.5) is 0 Å². The smallest absolute Gasteiger partial charge is 0.123 e. The highest BCUT2D eigenvalue weighted by Crippen LogP contribution is 2.32. The number of hydrogen-bond donors (Lipinski definition) is 1. The van der Waals surface area contributed by atoms with Crippen molar-refractivity contribution < 1.29 is 4.74 Å². The number of ether oxygens (including phenoxy) is 1. The first-order valence-electron chi connectivity index (χ1n) is 6.81. The molecule has 1 N–H and O–H groups in total. The molecular weight excluding hydrogens is 222 g/mol. The molecule has 0 saturated carbocycles. The molecule has 0 amide bonds. The van der Waals surface area contributed by atoms with Crippen molar-refractivity contribution in [3.05, 3.63) is 29.3 Å². The van der Waals surface area contributed by atoms with Crippen LogP contribution in [0.2, 0.25) is 0 Å². The molecule has 2 heteroatoms. The zero-order valence-corrected chi connectivity index (χ0v) is 12.6. The number of likely N-dealkylation sites (N-methyl/N-ethyl adjacent to an activating group) is 1. The molecule has 1 aromatic carbocycles. The van der Waals surface area contributed by atoms with Gasteiger partial charge in [-0.2, -0.15) is 0 Å².